The van der Waals surface area contributed by atoms with Gasteiger partial charge in [-0.2, -0.15) is 0 Å². The van der Waals surface area contributed by atoms with Gasteiger partial charge in [-0.15, -0.1) is 0 Å². The Morgan fingerprint density at radius 1 is 1.20 bits per heavy atom. The lowest BCUT2D eigenvalue weighted by Gasteiger charge is -2.24. The second kappa shape index (κ2) is 6.60. The number of hydrogen-bond acceptors (Lipinski definition) is 4. The average molecular weight is 234 g/mol. The summed E-state index contributed by atoms with van der Waals surface area (Å²) in [5, 5.41) is 0. The normalized spacial score (nSPS) is 22.2. The third kappa shape index (κ3) is 3.84. The standard InChI is InChI=1S/C10H22O4Si/c1-11-15(12-2,13-3)9-5-7-10-6-4-8-14-10/h10H,4-9H2,1-3H3. The van der Waals surface area contributed by atoms with Crippen molar-refractivity contribution < 1.29 is 18.0 Å². The van der Waals surface area contributed by atoms with Crippen molar-refractivity contribution in [3.05, 3.63) is 0 Å². The molecule has 0 radical (unpaired) electrons. The second-order valence-corrected chi connectivity index (χ2v) is 6.91. The van der Waals surface area contributed by atoms with Crippen molar-refractivity contribution in [1.29, 1.82) is 0 Å². The summed E-state index contributed by atoms with van der Waals surface area (Å²) in [6.45, 7) is 0.923. The molecular weight excluding hydrogens is 212 g/mol. The van der Waals surface area contributed by atoms with E-state index in [0.29, 0.717) is 6.10 Å². The van der Waals surface area contributed by atoms with Gasteiger partial charge < -0.3 is 18.0 Å². The molecule has 1 heterocycles. The molecule has 1 rings (SSSR count). The molecule has 0 bridgehead atoms. The summed E-state index contributed by atoms with van der Waals surface area (Å²) in [5.74, 6) is 0. The molecule has 1 fully saturated rings. The van der Waals surface area contributed by atoms with Crippen LogP contribution in [0.5, 0.6) is 0 Å². The molecule has 1 saturated heterocycles. The van der Waals surface area contributed by atoms with Crippen molar-refractivity contribution in [1.82, 2.24) is 0 Å². The first-order valence-electron chi connectivity index (χ1n) is 5.53. The Balaban J connectivity index is 2.21. The van der Waals surface area contributed by atoms with Gasteiger partial charge in [0.15, 0.2) is 0 Å². The van der Waals surface area contributed by atoms with Crippen molar-refractivity contribution in [2.75, 3.05) is 27.9 Å². The summed E-state index contributed by atoms with van der Waals surface area (Å²) < 4.78 is 21.6. The summed E-state index contributed by atoms with van der Waals surface area (Å²) in [6.07, 6.45) is 4.98. The van der Waals surface area contributed by atoms with E-state index >= 15 is 0 Å². The maximum Gasteiger partial charge on any atom is 0.500 e. The first-order valence-corrected chi connectivity index (χ1v) is 7.46. The van der Waals surface area contributed by atoms with Gasteiger partial charge in [-0.1, -0.05) is 0 Å². The van der Waals surface area contributed by atoms with E-state index in [2.05, 4.69) is 0 Å². The average Bonchev–Trinajstić information content (AvgIpc) is 2.78. The molecule has 0 aliphatic carbocycles. The summed E-state index contributed by atoms with van der Waals surface area (Å²) in [6, 6.07) is 0.871. The van der Waals surface area contributed by atoms with Crippen LogP contribution in [0.3, 0.4) is 0 Å². The molecule has 15 heavy (non-hydrogen) atoms. The Bertz CT molecular complexity index is 159. The molecule has 0 aromatic carbocycles. The maximum absolute atomic E-state index is 5.56. The lowest BCUT2D eigenvalue weighted by Crippen LogP contribution is -2.42. The molecule has 0 aromatic rings. The maximum atomic E-state index is 5.56. The molecule has 1 aliphatic heterocycles. The fourth-order valence-electron chi connectivity index (χ4n) is 1.97. The first-order chi connectivity index (χ1) is 7.26. The summed E-state index contributed by atoms with van der Waals surface area (Å²) >= 11 is 0. The molecule has 0 saturated carbocycles. The van der Waals surface area contributed by atoms with E-state index in [1.165, 1.54) is 12.8 Å². The monoisotopic (exact) mass is 234 g/mol. The minimum atomic E-state index is -2.34. The number of hydrogen-bond donors (Lipinski definition) is 0. The van der Waals surface area contributed by atoms with Crippen molar-refractivity contribution in [2.24, 2.45) is 0 Å². The molecule has 4 nitrogen and oxygen atoms in total. The molecule has 90 valence electrons. The van der Waals surface area contributed by atoms with Crippen LogP contribution in [-0.2, 0) is 18.0 Å². The predicted octanol–water partition coefficient (Wildman–Crippen LogP) is 1.82. The lowest BCUT2D eigenvalue weighted by atomic mass is 10.1. The van der Waals surface area contributed by atoms with E-state index in [1.807, 2.05) is 0 Å². The van der Waals surface area contributed by atoms with Crippen LogP contribution in [0.4, 0.5) is 0 Å². The highest BCUT2D eigenvalue weighted by atomic mass is 28.4. The van der Waals surface area contributed by atoms with Crippen LogP contribution in [0.1, 0.15) is 25.7 Å². The van der Waals surface area contributed by atoms with Gasteiger partial charge in [0.2, 0.25) is 0 Å². The lowest BCUT2D eigenvalue weighted by molar-refractivity contribution is 0.0972. The van der Waals surface area contributed by atoms with Crippen LogP contribution in [0.2, 0.25) is 6.04 Å². The van der Waals surface area contributed by atoms with Gasteiger partial charge >= 0.3 is 8.80 Å². The highest BCUT2D eigenvalue weighted by molar-refractivity contribution is 6.60. The van der Waals surface area contributed by atoms with E-state index in [-0.39, 0.29) is 0 Å². The van der Waals surface area contributed by atoms with Crippen LogP contribution >= 0.6 is 0 Å². The van der Waals surface area contributed by atoms with E-state index in [9.17, 15) is 0 Å². The zero-order valence-corrected chi connectivity index (χ0v) is 11.0. The SMILES string of the molecule is CO[Si](CCCC1CCCO1)(OC)OC. The Morgan fingerprint density at radius 3 is 2.33 bits per heavy atom. The Labute approximate surface area is 93.2 Å². The van der Waals surface area contributed by atoms with Gasteiger partial charge in [0.05, 0.1) is 6.10 Å². The first kappa shape index (κ1) is 13.1. The van der Waals surface area contributed by atoms with Crippen LogP contribution in [0, 0.1) is 0 Å². The zero-order valence-electron chi connectivity index (χ0n) is 9.95. The number of ether oxygens (including phenoxy) is 1. The van der Waals surface area contributed by atoms with Crippen LogP contribution in [0.15, 0.2) is 0 Å². The minimum absolute atomic E-state index is 0.447. The summed E-state index contributed by atoms with van der Waals surface area (Å²) in [7, 11) is 2.63. The fourth-order valence-corrected chi connectivity index (χ4v) is 3.72. The van der Waals surface area contributed by atoms with Gasteiger partial charge in [-0.05, 0) is 25.7 Å². The summed E-state index contributed by atoms with van der Waals surface area (Å²) in [4.78, 5) is 0. The summed E-state index contributed by atoms with van der Waals surface area (Å²) in [5.41, 5.74) is 0. The van der Waals surface area contributed by atoms with E-state index < -0.39 is 8.80 Å². The smallest absolute Gasteiger partial charge is 0.378 e. The van der Waals surface area contributed by atoms with Crippen molar-refractivity contribution >= 4 is 8.80 Å². The van der Waals surface area contributed by atoms with Gasteiger partial charge in [0.1, 0.15) is 0 Å². The Kier molecular flexibility index (Phi) is 5.77. The van der Waals surface area contributed by atoms with Crippen molar-refractivity contribution in [3.63, 3.8) is 0 Å². The molecular formula is C10H22O4Si. The minimum Gasteiger partial charge on any atom is -0.378 e. The molecule has 0 N–H and O–H groups in total. The predicted molar refractivity (Wildman–Crippen MR) is 59.8 cm³/mol. The molecule has 1 unspecified atom stereocenters. The highest BCUT2D eigenvalue weighted by Crippen LogP contribution is 2.22. The third-order valence-corrected chi connectivity index (χ3v) is 5.80. The quantitative estimate of drug-likeness (QED) is 0.630. The van der Waals surface area contributed by atoms with Gasteiger partial charge in [0, 0.05) is 34.0 Å². The topological polar surface area (TPSA) is 36.9 Å². The van der Waals surface area contributed by atoms with Crippen LogP contribution < -0.4 is 0 Å². The highest BCUT2D eigenvalue weighted by Gasteiger charge is 2.37. The zero-order chi connectivity index (χ0) is 11.1. The Morgan fingerprint density at radius 2 is 1.87 bits per heavy atom. The van der Waals surface area contributed by atoms with E-state index in [4.69, 9.17) is 18.0 Å². The fraction of sp³-hybridized carbons (Fsp3) is 1.00. The van der Waals surface area contributed by atoms with Crippen molar-refractivity contribution in [2.45, 2.75) is 37.8 Å². The van der Waals surface area contributed by atoms with Gasteiger partial charge in [-0.25, -0.2) is 0 Å². The molecule has 0 amide bonds. The molecule has 0 aromatic heterocycles. The van der Waals surface area contributed by atoms with E-state index in [1.54, 1.807) is 21.3 Å². The van der Waals surface area contributed by atoms with Gasteiger partial charge in [0.25, 0.3) is 0 Å². The van der Waals surface area contributed by atoms with Crippen LogP contribution in [-0.4, -0.2) is 42.8 Å². The second-order valence-electron chi connectivity index (χ2n) is 3.82. The molecule has 1 atom stereocenters. The molecule has 1 aliphatic rings. The number of rotatable bonds is 7. The van der Waals surface area contributed by atoms with Crippen molar-refractivity contribution in [3.8, 4) is 0 Å². The Hall–Kier alpha value is 0.0569. The largest absolute Gasteiger partial charge is 0.500 e. The van der Waals surface area contributed by atoms with Crippen LogP contribution in [0.25, 0.3) is 0 Å². The molecule has 5 heteroatoms. The molecule has 0 spiro atoms. The third-order valence-electron chi connectivity index (χ3n) is 2.97. The van der Waals surface area contributed by atoms with Gasteiger partial charge in [-0.3, -0.25) is 0 Å². The van der Waals surface area contributed by atoms with E-state index in [0.717, 1.165) is 25.5 Å².